The van der Waals surface area contributed by atoms with E-state index >= 15 is 0 Å². The van der Waals surface area contributed by atoms with Gasteiger partial charge in [-0.2, -0.15) is 0 Å². The van der Waals surface area contributed by atoms with Crippen molar-refractivity contribution < 1.29 is 0 Å². The van der Waals surface area contributed by atoms with Crippen molar-refractivity contribution in [2.75, 3.05) is 7.05 Å². The maximum atomic E-state index is 10.2. The van der Waals surface area contributed by atoms with E-state index in [1.165, 1.54) is 24.9 Å². The zero-order valence-corrected chi connectivity index (χ0v) is 9.99. The van der Waals surface area contributed by atoms with Gasteiger partial charge in [0.15, 0.2) is 5.84 Å². The third kappa shape index (κ3) is 2.77. The van der Waals surface area contributed by atoms with Crippen molar-refractivity contribution in [3.8, 4) is 0 Å². The highest BCUT2D eigenvalue weighted by atomic mass is 16.2. The first-order valence-electron chi connectivity index (χ1n) is 5.32. The van der Waals surface area contributed by atoms with Crippen molar-refractivity contribution >= 4 is 24.7 Å². The Bertz CT molecular complexity index is 656. The van der Waals surface area contributed by atoms with Crippen molar-refractivity contribution in [1.82, 2.24) is 15.3 Å². The minimum absolute atomic E-state index is 0.381. The first-order chi connectivity index (χ1) is 9.16. The molecule has 0 bridgehead atoms. The van der Waals surface area contributed by atoms with Gasteiger partial charge in [0.05, 0.1) is 6.21 Å². The van der Waals surface area contributed by atoms with Gasteiger partial charge in [0, 0.05) is 12.3 Å². The zero-order valence-electron chi connectivity index (χ0n) is 9.99. The van der Waals surface area contributed by atoms with E-state index < -0.39 is 11.4 Å². The molecule has 19 heavy (non-hydrogen) atoms. The fourth-order valence-corrected chi connectivity index (χ4v) is 1.41. The Hall–Kier alpha value is -2.68. The number of nitrogens with one attached hydrogen (secondary N) is 3. The molecule has 1 atom stereocenters. The van der Waals surface area contributed by atoms with Crippen LogP contribution < -0.4 is 16.6 Å². The highest BCUT2D eigenvalue weighted by Gasteiger charge is 2.35. The molecule has 98 valence electrons. The van der Waals surface area contributed by atoms with Crippen LogP contribution in [0, 0.1) is 0 Å². The second-order valence-corrected chi connectivity index (χ2v) is 3.53. The molecule has 2 aliphatic heterocycles. The van der Waals surface area contributed by atoms with Crippen molar-refractivity contribution in [2.24, 2.45) is 20.0 Å². The summed E-state index contributed by atoms with van der Waals surface area (Å²) < 4.78 is 0. The van der Waals surface area contributed by atoms with Crippen LogP contribution in [0.5, 0.6) is 0 Å². The zero-order chi connectivity index (χ0) is 13.7. The molecule has 3 heterocycles. The van der Waals surface area contributed by atoms with Crippen LogP contribution in [0.4, 0.5) is 0 Å². The molecule has 1 aromatic heterocycles. The number of amidine groups is 1. The molecule has 1 unspecified atom stereocenters. The van der Waals surface area contributed by atoms with Crippen LogP contribution in [-0.2, 0) is 0 Å². The Morgan fingerprint density at radius 1 is 1.32 bits per heavy atom. The fourth-order valence-electron chi connectivity index (χ4n) is 1.41. The number of aromatic amines is 2. The van der Waals surface area contributed by atoms with Crippen molar-refractivity contribution in [3.05, 3.63) is 33.1 Å². The van der Waals surface area contributed by atoms with Gasteiger partial charge in [-0.1, -0.05) is 0 Å². The summed E-state index contributed by atoms with van der Waals surface area (Å²) in [5.41, 5.74) is -1.44. The Balaban J connectivity index is 0.000000148. The summed E-state index contributed by atoms with van der Waals surface area (Å²) in [6.45, 7) is 0. The summed E-state index contributed by atoms with van der Waals surface area (Å²) in [6.07, 6.45) is 5.92. The van der Waals surface area contributed by atoms with E-state index in [4.69, 9.17) is 0 Å². The topological polar surface area (TPSA) is 127 Å². The lowest BCUT2D eigenvalue weighted by atomic mass is 10.2. The Morgan fingerprint density at radius 3 is 2.74 bits per heavy atom. The smallest absolute Gasteiger partial charge is 0.314 e. The van der Waals surface area contributed by atoms with Gasteiger partial charge < -0.3 is 4.98 Å². The van der Waals surface area contributed by atoms with Gasteiger partial charge in [-0.05, 0) is 7.05 Å². The van der Waals surface area contributed by atoms with E-state index in [1.54, 1.807) is 13.3 Å². The summed E-state index contributed by atoms with van der Waals surface area (Å²) in [5, 5.41) is 2.99. The van der Waals surface area contributed by atoms with Crippen LogP contribution >= 0.6 is 0 Å². The van der Waals surface area contributed by atoms with E-state index in [2.05, 4.69) is 30.3 Å². The normalized spacial score (nSPS) is 22.5. The molecule has 0 aromatic carbocycles. The van der Waals surface area contributed by atoms with Gasteiger partial charge in [0.25, 0.3) is 5.56 Å². The molecule has 3 rings (SSSR count). The van der Waals surface area contributed by atoms with Crippen LogP contribution in [0.1, 0.15) is 0 Å². The first-order valence-corrected chi connectivity index (χ1v) is 5.32. The molecular formula is C10H11N7O2. The largest absolute Gasteiger partial charge is 0.325 e. The Kier molecular flexibility index (Phi) is 3.57. The van der Waals surface area contributed by atoms with Gasteiger partial charge >= 0.3 is 5.69 Å². The lowest BCUT2D eigenvalue weighted by molar-refractivity contribution is 0.650. The van der Waals surface area contributed by atoms with Crippen LogP contribution in [0.25, 0.3) is 0 Å². The number of hydrogen-bond donors (Lipinski definition) is 3. The van der Waals surface area contributed by atoms with E-state index in [-0.39, 0.29) is 5.56 Å². The quantitative estimate of drug-likeness (QED) is 0.570. The second-order valence-electron chi connectivity index (χ2n) is 3.53. The predicted octanol–water partition coefficient (Wildman–Crippen LogP) is -1.48. The maximum Gasteiger partial charge on any atom is 0.325 e. The average molecular weight is 261 g/mol. The molecule has 0 radical (unpaired) electrons. The first kappa shape index (κ1) is 12.8. The molecule has 0 aliphatic carbocycles. The third-order valence-corrected chi connectivity index (χ3v) is 2.36. The summed E-state index contributed by atoms with van der Waals surface area (Å²) in [7, 11) is 1.80. The molecule has 0 fully saturated rings. The molecule has 9 heteroatoms. The average Bonchev–Trinajstić information content (AvgIpc) is 2.83. The number of H-pyrrole nitrogens is 2. The monoisotopic (exact) mass is 261 g/mol. The van der Waals surface area contributed by atoms with Crippen LogP contribution in [-0.4, -0.2) is 47.4 Å². The van der Waals surface area contributed by atoms with E-state index in [0.29, 0.717) is 5.84 Å². The summed E-state index contributed by atoms with van der Waals surface area (Å²) in [6, 6.07) is 1.24. The molecule has 0 saturated carbocycles. The summed E-state index contributed by atoms with van der Waals surface area (Å²) in [4.78, 5) is 40.6. The molecule has 1 aromatic rings. The highest BCUT2D eigenvalue weighted by Crippen LogP contribution is 2.14. The SMILES string of the molecule is CNC12C=NC=NC1=NC=N2.O=c1cc[nH]c(=O)[nH]1. The number of rotatable bonds is 1. The molecule has 0 saturated heterocycles. The third-order valence-electron chi connectivity index (χ3n) is 2.36. The molecular weight excluding hydrogens is 250 g/mol. The molecule has 0 amide bonds. The standard InChI is InChI=1S/C6H7N5.C4H4N2O2/c1-7-6-2-8-3-9-5(6)10-4-11-6;7-3-1-2-5-4(8)6-3/h2-4,7H,1H3;1-2H,(H2,5,6,7,8). The summed E-state index contributed by atoms with van der Waals surface area (Å²) >= 11 is 0. The van der Waals surface area contributed by atoms with Crippen molar-refractivity contribution in [3.63, 3.8) is 0 Å². The van der Waals surface area contributed by atoms with Crippen LogP contribution in [0.3, 0.4) is 0 Å². The van der Waals surface area contributed by atoms with Gasteiger partial charge in [-0.3, -0.25) is 15.1 Å². The Labute approximate surface area is 107 Å². The predicted molar refractivity (Wildman–Crippen MR) is 72.4 cm³/mol. The summed E-state index contributed by atoms with van der Waals surface area (Å²) in [5.74, 6) is 0.648. The van der Waals surface area contributed by atoms with Crippen LogP contribution in [0.2, 0.25) is 0 Å². The van der Waals surface area contributed by atoms with Gasteiger partial charge in [0.1, 0.15) is 12.7 Å². The van der Waals surface area contributed by atoms with Gasteiger partial charge in [-0.25, -0.2) is 24.8 Å². The Morgan fingerprint density at radius 2 is 2.16 bits per heavy atom. The van der Waals surface area contributed by atoms with Gasteiger partial charge in [-0.15, -0.1) is 0 Å². The maximum absolute atomic E-state index is 10.2. The molecule has 3 N–H and O–H groups in total. The molecule has 9 nitrogen and oxygen atoms in total. The molecule has 2 aliphatic rings. The number of aromatic nitrogens is 2. The number of hydrogen-bond acceptors (Lipinski definition) is 7. The highest BCUT2D eigenvalue weighted by molar-refractivity contribution is 6.17. The van der Waals surface area contributed by atoms with Crippen molar-refractivity contribution in [1.29, 1.82) is 0 Å². The van der Waals surface area contributed by atoms with E-state index in [9.17, 15) is 9.59 Å². The number of likely N-dealkylation sites (N-methyl/N-ethyl adjacent to an activating group) is 1. The second kappa shape index (κ2) is 5.31. The van der Waals surface area contributed by atoms with Crippen molar-refractivity contribution in [2.45, 2.75) is 5.66 Å². The van der Waals surface area contributed by atoms with E-state index in [0.717, 1.165) is 0 Å². The fraction of sp³-hybridized carbons (Fsp3) is 0.200. The number of nitrogens with zero attached hydrogens (tertiary/aromatic N) is 4. The van der Waals surface area contributed by atoms with E-state index in [1.807, 2.05) is 4.98 Å². The molecule has 0 spiro atoms. The lowest BCUT2D eigenvalue weighted by Crippen LogP contribution is -2.49. The lowest BCUT2D eigenvalue weighted by Gasteiger charge is -2.21. The van der Waals surface area contributed by atoms with Gasteiger partial charge in [0.2, 0.25) is 5.66 Å². The minimum atomic E-state index is -0.589. The van der Waals surface area contributed by atoms with Crippen LogP contribution in [0.15, 0.2) is 41.8 Å². The number of aliphatic imine (C=N–C) groups is 4. The number of fused-ring (bicyclic) bond motifs is 1. The minimum Gasteiger partial charge on any atom is -0.314 e.